The molecular weight excluding hydrogens is 420 g/mol. The molecular formula is C25H30N4O2S. The van der Waals surface area contributed by atoms with E-state index in [1.54, 1.807) is 6.08 Å². The molecule has 0 radical (unpaired) electrons. The van der Waals surface area contributed by atoms with Crippen molar-refractivity contribution in [2.45, 2.75) is 51.4 Å². The van der Waals surface area contributed by atoms with Crippen molar-refractivity contribution < 1.29 is 9.53 Å². The van der Waals surface area contributed by atoms with Crippen LogP contribution in [0.25, 0.3) is 0 Å². The Kier molecular flexibility index (Phi) is 8.11. The zero-order chi connectivity index (χ0) is 23.1. The molecule has 2 aromatic carbocycles. The number of aromatic nitrogens is 3. The van der Waals surface area contributed by atoms with Crippen LogP contribution in [-0.2, 0) is 11.3 Å². The molecule has 1 amide bonds. The largest absolute Gasteiger partial charge is 0.483 e. The number of ether oxygens (including phenoxy) is 1. The van der Waals surface area contributed by atoms with E-state index in [0.717, 1.165) is 17.0 Å². The Hall–Kier alpha value is -3.06. The van der Waals surface area contributed by atoms with Crippen molar-refractivity contribution in [3.8, 4) is 5.75 Å². The molecule has 1 unspecified atom stereocenters. The standard InChI is InChI=1S/C25H30N4O2S/c1-6-14-29-24(19(5)31-22-12-10-20(11-13-22)17(2)3)27-28-25(29)32-16-23(30)26-21-9-7-8-18(4)15-21/h6-13,15,17,19H,1,14,16H2,2-5H3,(H,26,30). The first-order chi connectivity index (χ1) is 15.4. The minimum absolute atomic E-state index is 0.0927. The summed E-state index contributed by atoms with van der Waals surface area (Å²) in [5.41, 5.74) is 3.15. The van der Waals surface area contributed by atoms with Crippen LogP contribution in [0.5, 0.6) is 5.75 Å². The highest BCUT2D eigenvalue weighted by Crippen LogP contribution is 2.26. The number of amides is 1. The summed E-state index contributed by atoms with van der Waals surface area (Å²) in [6, 6.07) is 15.8. The highest BCUT2D eigenvalue weighted by atomic mass is 32.2. The summed E-state index contributed by atoms with van der Waals surface area (Å²) >= 11 is 1.34. The second-order valence-corrected chi connectivity index (χ2v) is 8.87. The average Bonchev–Trinajstić information content (AvgIpc) is 3.15. The molecule has 32 heavy (non-hydrogen) atoms. The van der Waals surface area contributed by atoms with Crippen LogP contribution >= 0.6 is 11.8 Å². The predicted molar refractivity (Wildman–Crippen MR) is 130 cm³/mol. The van der Waals surface area contributed by atoms with Gasteiger partial charge in [-0.25, -0.2) is 0 Å². The Morgan fingerprint density at radius 3 is 2.59 bits per heavy atom. The molecule has 3 aromatic rings. The van der Waals surface area contributed by atoms with Crippen LogP contribution in [0.2, 0.25) is 0 Å². The number of benzene rings is 2. The van der Waals surface area contributed by atoms with Gasteiger partial charge in [-0.3, -0.25) is 9.36 Å². The van der Waals surface area contributed by atoms with E-state index in [1.165, 1.54) is 17.3 Å². The highest BCUT2D eigenvalue weighted by molar-refractivity contribution is 7.99. The van der Waals surface area contributed by atoms with E-state index < -0.39 is 0 Å². The predicted octanol–water partition coefficient (Wildman–Crippen LogP) is 5.77. The molecule has 1 N–H and O–H groups in total. The molecule has 0 saturated carbocycles. The molecule has 1 heterocycles. The third-order valence-corrected chi connectivity index (χ3v) is 5.88. The van der Waals surface area contributed by atoms with Crippen molar-refractivity contribution in [2.24, 2.45) is 0 Å². The number of allylic oxidation sites excluding steroid dienone is 1. The van der Waals surface area contributed by atoms with Gasteiger partial charge in [0.15, 0.2) is 17.1 Å². The summed E-state index contributed by atoms with van der Waals surface area (Å²) in [5, 5.41) is 12.2. The smallest absolute Gasteiger partial charge is 0.234 e. The lowest BCUT2D eigenvalue weighted by Crippen LogP contribution is -2.15. The summed E-state index contributed by atoms with van der Waals surface area (Å²) in [7, 11) is 0. The van der Waals surface area contributed by atoms with Gasteiger partial charge in [-0.15, -0.1) is 16.8 Å². The Labute approximate surface area is 194 Å². The van der Waals surface area contributed by atoms with Gasteiger partial charge in [0.1, 0.15) is 5.75 Å². The monoisotopic (exact) mass is 450 g/mol. The van der Waals surface area contributed by atoms with Gasteiger partial charge >= 0.3 is 0 Å². The summed E-state index contributed by atoms with van der Waals surface area (Å²) < 4.78 is 8.04. The molecule has 7 heteroatoms. The number of hydrogen-bond donors (Lipinski definition) is 1. The number of anilines is 1. The Morgan fingerprint density at radius 1 is 1.19 bits per heavy atom. The Balaban J connectivity index is 1.66. The van der Waals surface area contributed by atoms with E-state index in [2.05, 4.69) is 48.1 Å². The first kappa shape index (κ1) is 23.6. The SMILES string of the molecule is C=CCn1c(SCC(=O)Nc2cccc(C)c2)nnc1C(C)Oc1ccc(C(C)C)cc1. The summed E-state index contributed by atoms with van der Waals surface area (Å²) in [4.78, 5) is 12.4. The molecule has 0 bridgehead atoms. The van der Waals surface area contributed by atoms with Crippen molar-refractivity contribution >= 4 is 23.4 Å². The summed E-state index contributed by atoms with van der Waals surface area (Å²) in [5.74, 6) is 2.08. The fourth-order valence-electron chi connectivity index (χ4n) is 3.25. The van der Waals surface area contributed by atoms with E-state index in [-0.39, 0.29) is 17.8 Å². The zero-order valence-corrected chi connectivity index (χ0v) is 19.9. The van der Waals surface area contributed by atoms with Crippen LogP contribution in [0.3, 0.4) is 0 Å². The van der Waals surface area contributed by atoms with E-state index in [0.29, 0.717) is 23.4 Å². The topological polar surface area (TPSA) is 69.0 Å². The number of hydrogen-bond acceptors (Lipinski definition) is 5. The fraction of sp³-hybridized carbons (Fsp3) is 0.320. The van der Waals surface area contributed by atoms with Gasteiger partial charge in [0.2, 0.25) is 5.91 Å². The first-order valence-corrected chi connectivity index (χ1v) is 11.7. The second kappa shape index (κ2) is 11.0. The Bertz CT molecular complexity index is 1060. The van der Waals surface area contributed by atoms with E-state index in [1.807, 2.05) is 54.8 Å². The van der Waals surface area contributed by atoms with E-state index in [4.69, 9.17) is 4.74 Å². The number of thioether (sulfide) groups is 1. The quantitative estimate of drug-likeness (QED) is 0.314. The van der Waals surface area contributed by atoms with Gasteiger partial charge in [-0.05, 0) is 55.2 Å². The molecule has 6 nitrogen and oxygen atoms in total. The molecule has 3 rings (SSSR count). The molecule has 0 saturated heterocycles. The molecule has 0 spiro atoms. The average molecular weight is 451 g/mol. The number of aryl methyl sites for hydroxylation is 1. The lowest BCUT2D eigenvalue weighted by molar-refractivity contribution is -0.113. The van der Waals surface area contributed by atoms with Gasteiger partial charge in [-0.1, -0.05) is 56.0 Å². The molecule has 168 valence electrons. The second-order valence-electron chi connectivity index (χ2n) is 7.93. The van der Waals surface area contributed by atoms with Crippen LogP contribution in [0.15, 0.2) is 66.3 Å². The molecule has 0 aliphatic rings. The minimum atomic E-state index is -0.303. The van der Waals surface area contributed by atoms with Crippen LogP contribution in [0.1, 0.15) is 49.7 Å². The lowest BCUT2D eigenvalue weighted by atomic mass is 10.0. The molecule has 0 aliphatic carbocycles. The van der Waals surface area contributed by atoms with Crippen molar-refractivity contribution in [1.82, 2.24) is 14.8 Å². The third kappa shape index (κ3) is 6.23. The zero-order valence-electron chi connectivity index (χ0n) is 19.0. The summed E-state index contributed by atoms with van der Waals surface area (Å²) in [6.45, 7) is 12.6. The normalized spacial score (nSPS) is 11.9. The number of rotatable bonds is 10. The van der Waals surface area contributed by atoms with Crippen molar-refractivity contribution in [3.63, 3.8) is 0 Å². The van der Waals surface area contributed by atoms with Crippen molar-refractivity contribution in [3.05, 3.63) is 78.1 Å². The molecule has 0 fully saturated rings. The van der Waals surface area contributed by atoms with E-state index >= 15 is 0 Å². The highest BCUT2D eigenvalue weighted by Gasteiger charge is 2.20. The molecule has 0 aliphatic heterocycles. The van der Waals surface area contributed by atoms with Crippen LogP contribution in [0.4, 0.5) is 5.69 Å². The lowest BCUT2D eigenvalue weighted by Gasteiger charge is -2.16. The van der Waals surface area contributed by atoms with Crippen molar-refractivity contribution in [2.75, 3.05) is 11.1 Å². The summed E-state index contributed by atoms with van der Waals surface area (Å²) in [6.07, 6.45) is 1.48. The Morgan fingerprint density at radius 2 is 1.94 bits per heavy atom. The molecule has 1 aromatic heterocycles. The van der Waals surface area contributed by atoms with Gasteiger partial charge < -0.3 is 10.1 Å². The number of carbonyl (C=O) groups is 1. The van der Waals surface area contributed by atoms with Gasteiger partial charge in [0, 0.05) is 12.2 Å². The van der Waals surface area contributed by atoms with Gasteiger partial charge in [0.05, 0.1) is 5.75 Å². The molecule has 1 atom stereocenters. The maximum Gasteiger partial charge on any atom is 0.234 e. The van der Waals surface area contributed by atoms with Crippen molar-refractivity contribution in [1.29, 1.82) is 0 Å². The third-order valence-electron chi connectivity index (χ3n) is 4.91. The van der Waals surface area contributed by atoms with Gasteiger partial charge in [0.25, 0.3) is 0 Å². The minimum Gasteiger partial charge on any atom is -0.483 e. The van der Waals surface area contributed by atoms with Crippen LogP contribution < -0.4 is 10.1 Å². The van der Waals surface area contributed by atoms with E-state index in [9.17, 15) is 4.79 Å². The van der Waals surface area contributed by atoms with Crippen LogP contribution in [0, 0.1) is 6.92 Å². The number of carbonyl (C=O) groups excluding carboxylic acids is 1. The first-order valence-electron chi connectivity index (χ1n) is 10.7. The number of nitrogens with zero attached hydrogens (tertiary/aromatic N) is 3. The van der Waals surface area contributed by atoms with Gasteiger partial charge in [-0.2, -0.15) is 0 Å². The maximum atomic E-state index is 12.4. The fourth-order valence-corrected chi connectivity index (χ4v) is 4.00. The number of nitrogens with one attached hydrogen (secondary N) is 1. The maximum absolute atomic E-state index is 12.4. The van der Waals surface area contributed by atoms with Crippen LogP contribution in [-0.4, -0.2) is 26.4 Å².